The Labute approximate surface area is 115 Å². The lowest BCUT2D eigenvalue weighted by molar-refractivity contribution is 0.0963. The van der Waals surface area contributed by atoms with Crippen LogP contribution in [0, 0.1) is 12.8 Å². The monoisotopic (exact) mass is 260 g/mol. The summed E-state index contributed by atoms with van der Waals surface area (Å²) in [7, 11) is 1.66. The number of amides is 1. The lowest BCUT2D eigenvalue weighted by Gasteiger charge is -2.29. The minimum Gasteiger partial charge on any atom is -0.382 e. The molecular weight excluding hydrogens is 236 g/mol. The van der Waals surface area contributed by atoms with E-state index in [0.29, 0.717) is 6.04 Å². The van der Waals surface area contributed by atoms with Gasteiger partial charge in [-0.05, 0) is 43.4 Å². The molecule has 1 amide bonds. The summed E-state index contributed by atoms with van der Waals surface area (Å²) >= 11 is 0. The molecule has 1 aromatic rings. The molecule has 2 rings (SSSR count). The van der Waals surface area contributed by atoms with Gasteiger partial charge in [-0.1, -0.05) is 25.8 Å². The number of hydrogen-bond donors (Lipinski definition) is 2. The molecular formula is C16H24N2O. The maximum Gasteiger partial charge on any atom is 0.251 e. The van der Waals surface area contributed by atoms with Crippen molar-refractivity contribution in [2.24, 2.45) is 5.92 Å². The second-order valence-corrected chi connectivity index (χ2v) is 5.72. The fourth-order valence-corrected chi connectivity index (χ4v) is 2.85. The van der Waals surface area contributed by atoms with E-state index in [1.54, 1.807) is 7.05 Å². The Morgan fingerprint density at radius 3 is 2.79 bits per heavy atom. The van der Waals surface area contributed by atoms with Gasteiger partial charge in [0.05, 0.1) is 0 Å². The summed E-state index contributed by atoms with van der Waals surface area (Å²) in [6.07, 6.45) is 5.10. The van der Waals surface area contributed by atoms with Crippen molar-refractivity contribution in [1.82, 2.24) is 5.32 Å². The smallest absolute Gasteiger partial charge is 0.251 e. The van der Waals surface area contributed by atoms with E-state index >= 15 is 0 Å². The second kappa shape index (κ2) is 6.09. The topological polar surface area (TPSA) is 41.1 Å². The van der Waals surface area contributed by atoms with Gasteiger partial charge in [0.1, 0.15) is 0 Å². The number of carbonyl (C=O) groups is 1. The Morgan fingerprint density at radius 2 is 2.11 bits per heavy atom. The van der Waals surface area contributed by atoms with E-state index < -0.39 is 0 Å². The number of carbonyl (C=O) groups excluding carboxylic acids is 1. The van der Waals surface area contributed by atoms with Crippen LogP contribution in [-0.2, 0) is 0 Å². The molecule has 1 fully saturated rings. The molecule has 2 unspecified atom stereocenters. The first kappa shape index (κ1) is 13.9. The lowest BCUT2D eigenvalue weighted by Crippen LogP contribution is -2.27. The predicted octanol–water partition coefficient (Wildman–Crippen LogP) is 3.35. The summed E-state index contributed by atoms with van der Waals surface area (Å²) in [6.45, 7) is 4.41. The Hall–Kier alpha value is -1.51. The summed E-state index contributed by atoms with van der Waals surface area (Å²) in [5.41, 5.74) is 3.02. The van der Waals surface area contributed by atoms with Crippen molar-refractivity contribution in [3.8, 4) is 0 Å². The number of hydrogen-bond acceptors (Lipinski definition) is 2. The Kier molecular flexibility index (Phi) is 4.46. The summed E-state index contributed by atoms with van der Waals surface area (Å²) in [4.78, 5) is 11.7. The van der Waals surface area contributed by atoms with Gasteiger partial charge in [-0.15, -0.1) is 0 Å². The van der Waals surface area contributed by atoms with Crippen LogP contribution in [0.15, 0.2) is 18.2 Å². The van der Waals surface area contributed by atoms with Crippen molar-refractivity contribution >= 4 is 11.6 Å². The Bertz CT molecular complexity index is 456. The predicted molar refractivity (Wildman–Crippen MR) is 79.6 cm³/mol. The second-order valence-electron chi connectivity index (χ2n) is 5.72. The van der Waals surface area contributed by atoms with Crippen LogP contribution in [0.1, 0.15) is 48.5 Å². The molecule has 19 heavy (non-hydrogen) atoms. The van der Waals surface area contributed by atoms with Gasteiger partial charge < -0.3 is 10.6 Å². The summed E-state index contributed by atoms with van der Waals surface area (Å²) in [6, 6.07) is 6.40. The number of nitrogens with one attached hydrogen (secondary N) is 2. The van der Waals surface area contributed by atoms with E-state index in [2.05, 4.69) is 24.5 Å². The number of anilines is 1. The first-order valence-electron chi connectivity index (χ1n) is 7.19. The highest BCUT2D eigenvalue weighted by atomic mass is 16.1. The minimum atomic E-state index is -0.0277. The van der Waals surface area contributed by atoms with E-state index in [-0.39, 0.29) is 5.91 Å². The largest absolute Gasteiger partial charge is 0.382 e. The normalized spacial score (nSPS) is 22.9. The highest BCUT2D eigenvalue weighted by molar-refractivity contribution is 5.95. The minimum absolute atomic E-state index is 0.0277. The number of rotatable bonds is 3. The molecule has 0 bridgehead atoms. The molecule has 0 aromatic heterocycles. The van der Waals surface area contributed by atoms with Crippen molar-refractivity contribution in [3.63, 3.8) is 0 Å². The van der Waals surface area contributed by atoms with Crippen LogP contribution in [0.3, 0.4) is 0 Å². The van der Waals surface area contributed by atoms with Crippen molar-refractivity contribution in [2.45, 2.75) is 45.6 Å². The average Bonchev–Trinajstić information content (AvgIpc) is 2.40. The van der Waals surface area contributed by atoms with Gasteiger partial charge >= 0.3 is 0 Å². The Morgan fingerprint density at radius 1 is 1.32 bits per heavy atom. The zero-order chi connectivity index (χ0) is 13.8. The molecule has 0 radical (unpaired) electrons. The van der Waals surface area contributed by atoms with Gasteiger partial charge in [-0.25, -0.2) is 0 Å². The van der Waals surface area contributed by atoms with Gasteiger partial charge in [0, 0.05) is 24.3 Å². The van der Waals surface area contributed by atoms with E-state index in [4.69, 9.17) is 0 Å². The van der Waals surface area contributed by atoms with Gasteiger partial charge in [0.15, 0.2) is 0 Å². The zero-order valence-electron chi connectivity index (χ0n) is 12.1. The third kappa shape index (κ3) is 3.49. The van der Waals surface area contributed by atoms with Gasteiger partial charge in [-0.2, -0.15) is 0 Å². The van der Waals surface area contributed by atoms with Gasteiger partial charge in [0.25, 0.3) is 5.91 Å². The fraction of sp³-hybridized carbons (Fsp3) is 0.562. The number of benzene rings is 1. The van der Waals surface area contributed by atoms with Crippen LogP contribution in [0.25, 0.3) is 0 Å². The molecule has 1 aliphatic rings. The van der Waals surface area contributed by atoms with Crippen LogP contribution in [-0.4, -0.2) is 19.0 Å². The molecule has 104 valence electrons. The first-order valence-corrected chi connectivity index (χ1v) is 7.19. The molecule has 0 aliphatic heterocycles. The highest BCUT2D eigenvalue weighted by Crippen LogP contribution is 2.27. The number of aryl methyl sites for hydroxylation is 1. The standard InChI is InChI=1S/C16H24N2O/c1-11-5-4-6-14(9-11)18-15-10-13(16(19)17-3)8-7-12(15)2/h7-8,10-11,14,18H,4-6,9H2,1-3H3,(H,17,19). The molecule has 0 heterocycles. The molecule has 2 N–H and O–H groups in total. The molecule has 1 aliphatic carbocycles. The summed E-state index contributed by atoms with van der Waals surface area (Å²) in [5.74, 6) is 0.772. The van der Waals surface area contributed by atoms with E-state index in [1.165, 1.54) is 31.2 Å². The molecule has 2 atom stereocenters. The van der Waals surface area contributed by atoms with Crippen molar-refractivity contribution < 1.29 is 4.79 Å². The van der Waals surface area contributed by atoms with Crippen molar-refractivity contribution in [2.75, 3.05) is 12.4 Å². The van der Waals surface area contributed by atoms with Gasteiger partial charge in [0.2, 0.25) is 0 Å². The van der Waals surface area contributed by atoms with Crippen LogP contribution >= 0.6 is 0 Å². The van der Waals surface area contributed by atoms with Crippen LogP contribution < -0.4 is 10.6 Å². The summed E-state index contributed by atoms with van der Waals surface area (Å²) in [5, 5.41) is 6.29. The van der Waals surface area contributed by atoms with Crippen LogP contribution in [0.5, 0.6) is 0 Å². The van der Waals surface area contributed by atoms with Crippen LogP contribution in [0.2, 0.25) is 0 Å². The van der Waals surface area contributed by atoms with Crippen molar-refractivity contribution in [1.29, 1.82) is 0 Å². The maximum atomic E-state index is 11.7. The average molecular weight is 260 g/mol. The quantitative estimate of drug-likeness (QED) is 0.875. The van der Waals surface area contributed by atoms with E-state index in [9.17, 15) is 4.79 Å². The molecule has 1 saturated carbocycles. The maximum absolute atomic E-state index is 11.7. The van der Waals surface area contributed by atoms with E-state index in [0.717, 1.165) is 17.2 Å². The van der Waals surface area contributed by atoms with Crippen molar-refractivity contribution in [3.05, 3.63) is 29.3 Å². The molecule has 3 heteroatoms. The first-order chi connectivity index (χ1) is 9.10. The van der Waals surface area contributed by atoms with E-state index in [1.807, 2.05) is 18.2 Å². The van der Waals surface area contributed by atoms with Crippen LogP contribution in [0.4, 0.5) is 5.69 Å². The lowest BCUT2D eigenvalue weighted by atomic mass is 9.87. The molecule has 0 spiro atoms. The molecule has 1 aromatic carbocycles. The molecule has 0 saturated heterocycles. The summed E-state index contributed by atoms with van der Waals surface area (Å²) < 4.78 is 0. The Balaban J connectivity index is 2.12. The molecule has 3 nitrogen and oxygen atoms in total. The fourth-order valence-electron chi connectivity index (χ4n) is 2.85. The van der Waals surface area contributed by atoms with Gasteiger partial charge in [-0.3, -0.25) is 4.79 Å². The zero-order valence-corrected chi connectivity index (χ0v) is 12.1. The third-order valence-electron chi connectivity index (χ3n) is 4.02. The SMILES string of the molecule is CNC(=O)c1ccc(C)c(NC2CCCC(C)C2)c1. The highest BCUT2D eigenvalue weighted by Gasteiger charge is 2.19. The third-order valence-corrected chi connectivity index (χ3v) is 4.02.